The van der Waals surface area contributed by atoms with Gasteiger partial charge in [0.25, 0.3) is 0 Å². The van der Waals surface area contributed by atoms with Gasteiger partial charge in [0.1, 0.15) is 0 Å². The van der Waals surface area contributed by atoms with E-state index in [2.05, 4.69) is 28.7 Å². The van der Waals surface area contributed by atoms with Crippen LogP contribution in [0.15, 0.2) is 24.4 Å². The normalized spacial score (nSPS) is 13.0. The molecule has 0 amide bonds. The summed E-state index contributed by atoms with van der Waals surface area (Å²) in [6, 6.07) is 5.59. The number of ketones is 1. The Balaban J connectivity index is 2.69. The van der Waals surface area contributed by atoms with Gasteiger partial charge in [0, 0.05) is 33.3 Å². The Morgan fingerprint density at radius 1 is 1.50 bits per heavy atom. The third kappa shape index (κ3) is 1.87. The van der Waals surface area contributed by atoms with E-state index < -0.39 is 6.04 Å². The highest BCUT2D eigenvalue weighted by atomic mass is 127. The molecule has 1 aromatic heterocycles. The zero-order chi connectivity index (χ0) is 11.9. The average molecular weight is 328 g/mol. The van der Waals surface area contributed by atoms with Crippen molar-refractivity contribution in [3.63, 3.8) is 0 Å². The summed E-state index contributed by atoms with van der Waals surface area (Å²) in [7, 11) is 1.94. The highest BCUT2D eigenvalue weighted by molar-refractivity contribution is 14.1. The van der Waals surface area contributed by atoms with Gasteiger partial charge in [-0.05, 0) is 41.6 Å². The summed E-state index contributed by atoms with van der Waals surface area (Å²) in [5.41, 5.74) is 7.42. The van der Waals surface area contributed by atoms with Crippen molar-refractivity contribution >= 4 is 39.3 Å². The molecule has 1 heterocycles. The predicted octanol–water partition coefficient (Wildman–Crippen LogP) is 2.31. The maximum atomic E-state index is 11.9. The molecule has 3 nitrogen and oxygen atoms in total. The van der Waals surface area contributed by atoms with Crippen molar-refractivity contribution in [2.75, 3.05) is 0 Å². The summed E-state index contributed by atoms with van der Waals surface area (Å²) in [5.74, 6) is -0.00759. The lowest BCUT2D eigenvalue weighted by Crippen LogP contribution is -2.26. The number of hydrogen-bond donors (Lipinski definition) is 1. The van der Waals surface area contributed by atoms with Crippen LogP contribution in [0.4, 0.5) is 0 Å². The SMILES string of the molecule is CC(N)C(=O)c1cn(C)c2cc(I)ccc12. The summed E-state index contributed by atoms with van der Waals surface area (Å²) in [5, 5.41) is 0.977. The van der Waals surface area contributed by atoms with Crippen LogP contribution in [0.5, 0.6) is 0 Å². The van der Waals surface area contributed by atoms with Crippen LogP contribution in [0.3, 0.4) is 0 Å². The molecule has 2 aromatic rings. The second-order valence-corrected chi connectivity index (χ2v) is 5.21. The van der Waals surface area contributed by atoms with Crippen LogP contribution < -0.4 is 5.73 Å². The largest absolute Gasteiger partial charge is 0.350 e. The minimum atomic E-state index is -0.454. The highest BCUT2D eigenvalue weighted by Crippen LogP contribution is 2.23. The van der Waals surface area contributed by atoms with Crippen LogP contribution in [0.2, 0.25) is 0 Å². The molecule has 0 saturated heterocycles. The van der Waals surface area contributed by atoms with Crippen LogP contribution in [0.25, 0.3) is 10.9 Å². The standard InChI is InChI=1S/C12H13IN2O/c1-7(14)12(16)10-6-15(2)11-5-8(13)3-4-9(10)11/h3-7H,14H2,1-2H3. The van der Waals surface area contributed by atoms with Gasteiger partial charge < -0.3 is 10.3 Å². The third-order valence-corrected chi connectivity index (χ3v) is 3.30. The first kappa shape index (κ1) is 11.6. The number of rotatable bonds is 2. The molecule has 0 fully saturated rings. The van der Waals surface area contributed by atoms with Crippen molar-refractivity contribution in [1.29, 1.82) is 0 Å². The van der Waals surface area contributed by atoms with Crippen molar-refractivity contribution in [1.82, 2.24) is 4.57 Å². The van der Waals surface area contributed by atoms with E-state index in [1.807, 2.05) is 29.9 Å². The van der Waals surface area contributed by atoms with Gasteiger partial charge >= 0.3 is 0 Å². The summed E-state index contributed by atoms with van der Waals surface area (Å²) >= 11 is 2.26. The van der Waals surface area contributed by atoms with Gasteiger partial charge in [0.2, 0.25) is 0 Å². The number of hydrogen-bond acceptors (Lipinski definition) is 2. The topological polar surface area (TPSA) is 48.0 Å². The zero-order valence-electron chi connectivity index (χ0n) is 9.20. The van der Waals surface area contributed by atoms with Gasteiger partial charge in [-0.1, -0.05) is 6.07 Å². The molecule has 4 heteroatoms. The van der Waals surface area contributed by atoms with Crippen LogP contribution in [0, 0.1) is 3.57 Å². The maximum Gasteiger partial charge on any atom is 0.181 e. The molecule has 0 radical (unpaired) electrons. The molecule has 0 aliphatic carbocycles. The first-order chi connectivity index (χ1) is 7.50. The Kier molecular flexibility index (Phi) is 3.03. The lowest BCUT2D eigenvalue weighted by atomic mass is 10.1. The Morgan fingerprint density at radius 2 is 2.19 bits per heavy atom. The van der Waals surface area contributed by atoms with Gasteiger partial charge in [-0.3, -0.25) is 4.79 Å². The van der Waals surface area contributed by atoms with Gasteiger partial charge in [-0.2, -0.15) is 0 Å². The van der Waals surface area contributed by atoms with E-state index in [4.69, 9.17) is 5.73 Å². The van der Waals surface area contributed by atoms with Crippen molar-refractivity contribution in [3.8, 4) is 0 Å². The molecular weight excluding hydrogens is 315 g/mol. The van der Waals surface area contributed by atoms with Gasteiger partial charge in [-0.25, -0.2) is 0 Å². The van der Waals surface area contributed by atoms with E-state index in [1.165, 1.54) is 0 Å². The van der Waals surface area contributed by atoms with Crippen LogP contribution in [0.1, 0.15) is 17.3 Å². The predicted molar refractivity (Wildman–Crippen MR) is 73.6 cm³/mol. The molecule has 0 spiro atoms. The minimum Gasteiger partial charge on any atom is -0.350 e. The van der Waals surface area contributed by atoms with Crippen molar-refractivity contribution in [2.45, 2.75) is 13.0 Å². The van der Waals surface area contributed by atoms with Crippen LogP contribution in [-0.4, -0.2) is 16.4 Å². The van der Waals surface area contributed by atoms with E-state index in [9.17, 15) is 4.79 Å². The van der Waals surface area contributed by atoms with Crippen molar-refractivity contribution in [3.05, 3.63) is 33.5 Å². The van der Waals surface area contributed by atoms with Gasteiger partial charge in [0.05, 0.1) is 6.04 Å². The number of halogens is 1. The summed E-state index contributed by atoms with van der Waals surface area (Å²) in [4.78, 5) is 11.9. The molecule has 0 aliphatic rings. The second-order valence-electron chi connectivity index (χ2n) is 3.97. The summed E-state index contributed by atoms with van der Waals surface area (Å²) < 4.78 is 3.12. The molecule has 0 bridgehead atoms. The van der Waals surface area contributed by atoms with E-state index >= 15 is 0 Å². The third-order valence-electron chi connectivity index (χ3n) is 2.63. The minimum absolute atomic E-state index is 0.00759. The number of nitrogens with zero attached hydrogens (tertiary/aromatic N) is 1. The Labute approximate surface area is 108 Å². The number of benzene rings is 1. The maximum absolute atomic E-state index is 11.9. The van der Waals surface area contributed by atoms with Crippen molar-refractivity contribution in [2.24, 2.45) is 12.8 Å². The van der Waals surface area contributed by atoms with Crippen molar-refractivity contribution < 1.29 is 4.79 Å². The summed E-state index contributed by atoms with van der Waals surface area (Å²) in [6.45, 7) is 1.72. The lowest BCUT2D eigenvalue weighted by molar-refractivity contribution is 0.0969. The quantitative estimate of drug-likeness (QED) is 0.679. The molecule has 2 N–H and O–H groups in total. The van der Waals surface area contributed by atoms with E-state index in [0.29, 0.717) is 5.56 Å². The Morgan fingerprint density at radius 3 is 2.81 bits per heavy atom. The fourth-order valence-electron chi connectivity index (χ4n) is 1.80. The first-order valence-electron chi connectivity index (χ1n) is 5.05. The number of Topliss-reactive ketones (excluding diaryl/α,β-unsaturated/α-hetero) is 1. The number of aryl methyl sites for hydroxylation is 1. The molecule has 1 atom stereocenters. The fourth-order valence-corrected chi connectivity index (χ4v) is 2.27. The molecule has 2 rings (SSSR count). The van der Waals surface area contributed by atoms with E-state index in [0.717, 1.165) is 14.5 Å². The van der Waals surface area contributed by atoms with Crippen LogP contribution >= 0.6 is 22.6 Å². The Hall–Kier alpha value is -0.880. The molecule has 1 aromatic carbocycles. The molecule has 0 aliphatic heterocycles. The van der Waals surface area contributed by atoms with Gasteiger partial charge in [-0.15, -0.1) is 0 Å². The van der Waals surface area contributed by atoms with Gasteiger partial charge in [0.15, 0.2) is 5.78 Å². The van der Waals surface area contributed by atoms with Crippen LogP contribution in [-0.2, 0) is 7.05 Å². The Bertz CT molecular complexity index is 557. The number of fused-ring (bicyclic) bond motifs is 1. The van der Waals surface area contributed by atoms with E-state index in [-0.39, 0.29) is 5.78 Å². The number of nitrogens with two attached hydrogens (primary N) is 1. The first-order valence-corrected chi connectivity index (χ1v) is 6.13. The second kappa shape index (κ2) is 4.18. The number of aromatic nitrogens is 1. The lowest BCUT2D eigenvalue weighted by Gasteiger charge is -2.02. The number of carbonyl (C=O) groups excluding carboxylic acids is 1. The molecule has 16 heavy (non-hydrogen) atoms. The average Bonchev–Trinajstić information content (AvgIpc) is 2.55. The monoisotopic (exact) mass is 328 g/mol. The molecule has 1 unspecified atom stereocenters. The molecule has 0 saturated carbocycles. The number of carbonyl (C=O) groups is 1. The molecule has 84 valence electrons. The zero-order valence-corrected chi connectivity index (χ0v) is 11.4. The van der Waals surface area contributed by atoms with E-state index in [1.54, 1.807) is 6.92 Å². The smallest absolute Gasteiger partial charge is 0.181 e. The summed E-state index contributed by atoms with van der Waals surface area (Å²) in [6.07, 6.45) is 1.85. The molecular formula is C12H13IN2O. The highest BCUT2D eigenvalue weighted by Gasteiger charge is 2.16. The fraction of sp³-hybridized carbons (Fsp3) is 0.250.